The molecule has 82 valence electrons. The molecule has 0 fully saturated rings. The van der Waals surface area contributed by atoms with Crippen molar-refractivity contribution in [1.29, 1.82) is 0 Å². The smallest absolute Gasteiger partial charge is 0.221 e. The number of hydrogen-bond acceptors (Lipinski definition) is 2. The van der Waals surface area contributed by atoms with Crippen LogP contribution in [0.2, 0.25) is 0 Å². The Morgan fingerprint density at radius 2 is 2.27 bits per heavy atom. The molecule has 3 N–H and O–H groups in total. The quantitative estimate of drug-likeness (QED) is 0.882. The van der Waals surface area contributed by atoms with Crippen molar-refractivity contribution in [1.82, 2.24) is 0 Å². The fourth-order valence-corrected chi connectivity index (χ4v) is 1.73. The first kappa shape index (κ1) is 12.2. The average Bonchev–Trinajstić information content (AvgIpc) is 2.16. The third kappa shape index (κ3) is 4.01. The number of nitrogens with two attached hydrogens (primary N) is 1. The van der Waals surface area contributed by atoms with E-state index >= 15 is 0 Å². The second-order valence-electron chi connectivity index (χ2n) is 3.37. The van der Waals surface area contributed by atoms with Gasteiger partial charge in [-0.1, -0.05) is 22.0 Å². The number of carbonyl (C=O) groups excluding carboxylic acids is 1. The van der Waals surface area contributed by atoms with Crippen LogP contribution in [-0.2, 0) is 11.2 Å². The van der Waals surface area contributed by atoms with Crippen molar-refractivity contribution in [2.45, 2.75) is 19.8 Å². The minimum atomic E-state index is -0.0536. The van der Waals surface area contributed by atoms with Crippen molar-refractivity contribution >= 4 is 27.5 Å². The van der Waals surface area contributed by atoms with E-state index in [1.165, 1.54) is 6.92 Å². The van der Waals surface area contributed by atoms with Crippen molar-refractivity contribution in [3.05, 3.63) is 28.2 Å². The highest BCUT2D eigenvalue weighted by atomic mass is 79.9. The number of halogens is 1. The van der Waals surface area contributed by atoms with Crippen molar-refractivity contribution in [3.63, 3.8) is 0 Å². The molecule has 1 rings (SSSR count). The molecular weight excluding hydrogens is 256 g/mol. The number of aryl methyl sites for hydroxylation is 1. The number of rotatable bonds is 4. The molecule has 4 heteroatoms. The van der Waals surface area contributed by atoms with Gasteiger partial charge in [-0.15, -0.1) is 0 Å². The lowest BCUT2D eigenvalue weighted by atomic mass is 10.1. The summed E-state index contributed by atoms with van der Waals surface area (Å²) < 4.78 is 0.961. The average molecular weight is 271 g/mol. The third-order valence-corrected chi connectivity index (χ3v) is 2.53. The van der Waals surface area contributed by atoms with E-state index in [1.807, 2.05) is 18.2 Å². The fraction of sp³-hybridized carbons (Fsp3) is 0.364. The lowest BCUT2D eigenvalue weighted by Gasteiger charge is -2.09. The molecule has 0 bridgehead atoms. The first-order valence-electron chi connectivity index (χ1n) is 4.89. The summed E-state index contributed by atoms with van der Waals surface area (Å²) in [6.45, 7) is 2.17. The van der Waals surface area contributed by atoms with Crippen LogP contribution >= 0.6 is 15.9 Å². The monoisotopic (exact) mass is 270 g/mol. The van der Waals surface area contributed by atoms with Crippen molar-refractivity contribution in [2.75, 3.05) is 11.9 Å². The highest BCUT2D eigenvalue weighted by molar-refractivity contribution is 9.10. The fourth-order valence-electron chi connectivity index (χ4n) is 1.37. The van der Waals surface area contributed by atoms with E-state index in [2.05, 4.69) is 21.2 Å². The second-order valence-corrected chi connectivity index (χ2v) is 4.29. The van der Waals surface area contributed by atoms with Gasteiger partial charge in [0.05, 0.1) is 0 Å². The minimum Gasteiger partial charge on any atom is -0.330 e. The summed E-state index contributed by atoms with van der Waals surface area (Å²) in [7, 11) is 0. The molecule has 0 aromatic heterocycles. The van der Waals surface area contributed by atoms with Gasteiger partial charge in [0.2, 0.25) is 5.91 Å². The summed E-state index contributed by atoms with van der Waals surface area (Å²) in [5.41, 5.74) is 7.45. The van der Waals surface area contributed by atoms with Gasteiger partial charge in [-0.05, 0) is 37.1 Å². The Morgan fingerprint density at radius 3 is 2.87 bits per heavy atom. The predicted octanol–water partition coefficient (Wildman–Crippen LogP) is 2.30. The summed E-state index contributed by atoms with van der Waals surface area (Å²) in [5, 5.41) is 2.81. The van der Waals surface area contributed by atoms with E-state index in [1.54, 1.807) is 0 Å². The molecule has 0 aliphatic rings. The van der Waals surface area contributed by atoms with Crippen molar-refractivity contribution in [2.24, 2.45) is 5.73 Å². The summed E-state index contributed by atoms with van der Waals surface area (Å²) in [6.07, 6.45) is 1.81. The Hall–Kier alpha value is -0.870. The molecule has 1 aromatic rings. The first-order chi connectivity index (χ1) is 7.13. The molecule has 1 amide bonds. The van der Waals surface area contributed by atoms with E-state index in [9.17, 15) is 4.79 Å². The van der Waals surface area contributed by atoms with E-state index in [4.69, 9.17) is 5.73 Å². The number of anilines is 1. The molecule has 1 aromatic carbocycles. The van der Waals surface area contributed by atoms with E-state index in [0.717, 1.165) is 28.6 Å². The molecule has 0 saturated heterocycles. The van der Waals surface area contributed by atoms with E-state index in [0.29, 0.717) is 6.54 Å². The molecule has 3 nitrogen and oxygen atoms in total. The normalized spacial score (nSPS) is 10.1. The molecule has 0 aliphatic heterocycles. The zero-order valence-electron chi connectivity index (χ0n) is 8.72. The SMILES string of the molecule is CC(=O)Nc1cc(Br)ccc1CCCN. The Morgan fingerprint density at radius 1 is 1.53 bits per heavy atom. The maximum Gasteiger partial charge on any atom is 0.221 e. The van der Waals surface area contributed by atoms with Gasteiger partial charge in [0.15, 0.2) is 0 Å². The number of amides is 1. The number of benzene rings is 1. The van der Waals surface area contributed by atoms with Crippen molar-refractivity contribution < 1.29 is 4.79 Å². The van der Waals surface area contributed by atoms with Gasteiger partial charge < -0.3 is 11.1 Å². The standard InChI is InChI=1S/C11H15BrN2O/c1-8(15)14-11-7-10(12)5-4-9(11)3-2-6-13/h4-5,7H,2-3,6,13H2,1H3,(H,14,15). The maximum atomic E-state index is 11.0. The first-order valence-corrected chi connectivity index (χ1v) is 5.69. The highest BCUT2D eigenvalue weighted by Gasteiger charge is 2.04. The van der Waals surface area contributed by atoms with Gasteiger partial charge in [-0.3, -0.25) is 4.79 Å². The molecular formula is C11H15BrN2O. The van der Waals surface area contributed by atoms with E-state index in [-0.39, 0.29) is 5.91 Å². The van der Waals surface area contributed by atoms with Gasteiger partial charge in [-0.25, -0.2) is 0 Å². The van der Waals surface area contributed by atoms with Gasteiger partial charge >= 0.3 is 0 Å². The van der Waals surface area contributed by atoms with Crippen molar-refractivity contribution in [3.8, 4) is 0 Å². The van der Waals surface area contributed by atoms with Crippen LogP contribution in [0.15, 0.2) is 22.7 Å². The summed E-state index contributed by atoms with van der Waals surface area (Å²) in [4.78, 5) is 11.0. The largest absolute Gasteiger partial charge is 0.330 e. The van der Waals surface area contributed by atoms with Crippen LogP contribution < -0.4 is 11.1 Å². The van der Waals surface area contributed by atoms with Gasteiger partial charge in [0.1, 0.15) is 0 Å². The Labute approximate surface area is 98.2 Å². The third-order valence-electron chi connectivity index (χ3n) is 2.03. The summed E-state index contributed by atoms with van der Waals surface area (Å²) >= 11 is 3.38. The molecule has 0 aliphatic carbocycles. The van der Waals surface area contributed by atoms with Crippen LogP contribution in [0, 0.1) is 0 Å². The van der Waals surface area contributed by atoms with Crippen LogP contribution in [0.4, 0.5) is 5.69 Å². The van der Waals surface area contributed by atoms with Gasteiger partial charge in [0.25, 0.3) is 0 Å². The Balaban J connectivity index is 2.87. The summed E-state index contributed by atoms with van der Waals surface area (Å²) in [5.74, 6) is -0.0536. The van der Waals surface area contributed by atoms with Gasteiger partial charge in [0, 0.05) is 17.1 Å². The number of carbonyl (C=O) groups is 1. The molecule has 0 spiro atoms. The predicted molar refractivity (Wildman–Crippen MR) is 65.8 cm³/mol. The van der Waals surface area contributed by atoms with Crippen LogP contribution in [0.25, 0.3) is 0 Å². The molecule has 15 heavy (non-hydrogen) atoms. The lowest BCUT2D eigenvalue weighted by molar-refractivity contribution is -0.114. The van der Waals surface area contributed by atoms with Crippen LogP contribution in [0.1, 0.15) is 18.9 Å². The Bertz CT molecular complexity index is 352. The minimum absolute atomic E-state index is 0.0536. The molecule has 0 heterocycles. The Kier molecular flexibility index (Phi) is 4.78. The second kappa shape index (κ2) is 5.88. The lowest BCUT2D eigenvalue weighted by Crippen LogP contribution is -2.09. The van der Waals surface area contributed by atoms with Crippen LogP contribution in [0.3, 0.4) is 0 Å². The molecule has 0 unspecified atom stereocenters. The highest BCUT2D eigenvalue weighted by Crippen LogP contribution is 2.22. The van der Waals surface area contributed by atoms with Crippen LogP contribution in [-0.4, -0.2) is 12.5 Å². The molecule has 0 radical (unpaired) electrons. The maximum absolute atomic E-state index is 11.0. The molecule has 0 atom stereocenters. The van der Waals surface area contributed by atoms with Gasteiger partial charge in [-0.2, -0.15) is 0 Å². The zero-order chi connectivity index (χ0) is 11.3. The van der Waals surface area contributed by atoms with Crippen LogP contribution in [0.5, 0.6) is 0 Å². The molecule has 0 saturated carbocycles. The topological polar surface area (TPSA) is 55.1 Å². The number of hydrogen-bond donors (Lipinski definition) is 2. The zero-order valence-corrected chi connectivity index (χ0v) is 10.3. The van der Waals surface area contributed by atoms with E-state index < -0.39 is 0 Å². The summed E-state index contributed by atoms with van der Waals surface area (Å²) in [6, 6.07) is 5.88. The number of nitrogens with one attached hydrogen (secondary N) is 1.